The quantitative estimate of drug-likeness (QED) is 0.810. The average molecular weight is 246 g/mol. The second-order valence-corrected chi connectivity index (χ2v) is 5.09. The fourth-order valence-corrected chi connectivity index (χ4v) is 2.81. The van der Waals surface area contributed by atoms with E-state index in [2.05, 4.69) is 21.5 Å². The van der Waals surface area contributed by atoms with Gasteiger partial charge in [-0.05, 0) is 37.7 Å². The number of nitrogens with zero attached hydrogens (tertiary/aromatic N) is 3. The van der Waals surface area contributed by atoms with Gasteiger partial charge < -0.3 is 0 Å². The summed E-state index contributed by atoms with van der Waals surface area (Å²) < 4.78 is 0. The Hall–Kier alpha value is -1.65. The van der Waals surface area contributed by atoms with E-state index >= 15 is 0 Å². The van der Waals surface area contributed by atoms with E-state index in [0.29, 0.717) is 11.7 Å². The molecule has 2 aliphatic rings. The van der Waals surface area contributed by atoms with Crippen LogP contribution in [0, 0.1) is 5.92 Å². The van der Waals surface area contributed by atoms with Crippen molar-refractivity contribution < 1.29 is 4.79 Å². The molecule has 1 N–H and O–H groups in total. The van der Waals surface area contributed by atoms with Crippen molar-refractivity contribution in [3.05, 3.63) is 17.8 Å². The summed E-state index contributed by atoms with van der Waals surface area (Å²) in [4.78, 5) is 13.9. The van der Waals surface area contributed by atoms with Crippen molar-refractivity contribution in [3.63, 3.8) is 0 Å². The summed E-state index contributed by atoms with van der Waals surface area (Å²) in [7, 11) is 0. The van der Waals surface area contributed by atoms with Gasteiger partial charge in [0.1, 0.15) is 5.69 Å². The van der Waals surface area contributed by atoms with Crippen LogP contribution in [0.5, 0.6) is 0 Å². The van der Waals surface area contributed by atoms with Crippen LogP contribution in [0.4, 0.5) is 5.82 Å². The molecule has 1 amide bonds. The maximum atomic E-state index is 12.2. The molecule has 1 aromatic heterocycles. The molecule has 2 heterocycles. The lowest BCUT2D eigenvalue weighted by Crippen LogP contribution is -2.34. The van der Waals surface area contributed by atoms with Crippen LogP contribution in [0.15, 0.2) is 12.2 Å². The van der Waals surface area contributed by atoms with Gasteiger partial charge in [0.2, 0.25) is 0 Å². The first-order chi connectivity index (χ1) is 8.84. The number of anilines is 1. The van der Waals surface area contributed by atoms with Crippen molar-refractivity contribution in [2.75, 3.05) is 11.4 Å². The number of aryl methyl sites for hydroxylation is 1. The molecule has 0 atom stereocenters. The Balaban J connectivity index is 1.70. The number of H-pyrrole nitrogens is 1. The number of allylic oxidation sites excluding steroid dienone is 1. The number of amides is 1. The molecule has 0 radical (unpaired) electrons. The third-order valence-corrected chi connectivity index (χ3v) is 3.83. The van der Waals surface area contributed by atoms with Crippen molar-refractivity contribution in [1.82, 2.24) is 15.4 Å². The van der Waals surface area contributed by atoms with Crippen LogP contribution in [0.25, 0.3) is 0 Å². The molecule has 0 unspecified atom stereocenters. The number of rotatable bonds is 2. The van der Waals surface area contributed by atoms with E-state index in [1.807, 2.05) is 0 Å². The van der Waals surface area contributed by atoms with Crippen LogP contribution < -0.4 is 4.90 Å². The molecule has 1 aromatic rings. The van der Waals surface area contributed by atoms with E-state index in [1.54, 1.807) is 11.0 Å². The summed E-state index contributed by atoms with van der Waals surface area (Å²) in [5.74, 6) is 1.34. The SMILES string of the molecule is O=C(/C=C/C1CCCC1)N1CCCc2n[nH]nc21. The third-order valence-electron chi connectivity index (χ3n) is 3.83. The van der Waals surface area contributed by atoms with E-state index in [0.717, 1.165) is 25.1 Å². The molecular weight excluding hydrogens is 228 g/mol. The van der Waals surface area contributed by atoms with Crippen LogP contribution in [0.2, 0.25) is 0 Å². The van der Waals surface area contributed by atoms with Crippen LogP contribution in [-0.2, 0) is 11.2 Å². The minimum atomic E-state index is 0.0387. The number of hydrogen-bond acceptors (Lipinski definition) is 3. The zero-order chi connectivity index (χ0) is 12.4. The first-order valence-electron chi connectivity index (χ1n) is 6.74. The lowest BCUT2D eigenvalue weighted by atomic mass is 10.1. The van der Waals surface area contributed by atoms with Crippen molar-refractivity contribution in [2.24, 2.45) is 5.92 Å². The minimum Gasteiger partial charge on any atom is -0.290 e. The number of nitrogens with one attached hydrogen (secondary N) is 1. The molecule has 3 rings (SSSR count). The number of aromatic amines is 1. The summed E-state index contributed by atoms with van der Waals surface area (Å²) >= 11 is 0. The number of hydrogen-bond donors (Lipinski definition) is 1. The summed E-state index contributed by atoms with van der Waals surface area (Å²) in [5, 5.41) is 10.8. The first kappa shape index (κ1) is 11.4. The molecule has 1 fully saturated rings. The number of aromatic nitrogens is 3. The van der Waals surface area contributed by atoms with Gasteiger partial charge in [-0.2, -0.15) is 10.3 Å². The van der Waals surface area contributed by atoms with Gasteiger partial charge in [-0.15, -0.1) is 5.10 Å². The predicted octanol–water partition coefficient (Wildman–Crippen LogP) is 1.83. The molecule has 1 saturated carbocycles. The van der Waals surface area contributed by atoms with Crippen LogP contribution in [0.3, 0.4) is 0 Å². The van der Waals surface area contributed by atoms with Gasteiger partial charge in [-0.25, -0.2) is 0 Å². The Labute approximate surface area is 106 Å². The standard InChI is InChI=1S/C13H18N4O/c18-12(8-7-10-4-1-2-5-10)17-9-3-6-11-13(17)15-16-14-11/h7-8,10H,1-6,9H2,(H,14,15,16)/b8-7+. The maximum absolute atomic E-state index is 12.2. The molecule has 1 aliphatic carbocycles. The van der Waals surface area contributed by atoms with Crippen molar-refractivity contribution in [1.29, 1.82) is 0 Å². The number of fused-ring (bicyclic) bond motifs is 1. The molecule has 18 heavy (non-hydrogen) atoms. The van der Waals surface area contributed by atoms with Crippen LogP contribution >= 0.6 is 0 Å². The Morgan fingerprint density at radius 3 is 2.94 bits per heavy atom. The van der Waals surface area contributed by atoms with Gasteiger partial charge in [0, 0.05) is 6.54 Å². The fourth-order valence-electron chi connectivity index (χ4n) is 2.81. The second kappa shape index (κ2) is 4.92. The molecule has 0 spiro atoms. The van der Waals surface area contributed by atoms with E-state index in [4.69, 9.17) is 0 Å². The highest BCUT2D eigenvalue weighted by Gasteiger charge is 2.24. The molecular formula is C13H18N4O. The molecule has 0 aromatic carbocycles. The molecule has 0 saturated heterocycles. The van der Waals surface area contributed by atoms with Gasteiger partial charge in [0.15, 0.2) is 5.82 Å². The Bertz CT molecular complexity index is 459. The van der Waals surface area contributed by atoms with E-state index < -0.39 is 0 Å². The number of carbonyl (C=O) groups is 1. The average Bonchev–Trinajstić information content (AvgIpc) is 3.05. The molecule has 96 valence electrons. The molecule has 5 heteroatoms. The van der Waals surface area contributed by atoms with Gasteiger partial charge in [-0.3, -0.25) is 9.69 Å². The van der Waals surface area contributed by atoms with Crippen LogP contribution in [0.1, 0.15) is 37.8 Å². The highest BCUT2D eigenvalue weighted by atomic mass is 16.2. The highest BCUT2D eigenvalue weighted by molar-refractivity contribution is 6.01. The van der Waals surface area contributed by atoms with Crippen molar-refractivity contribution >= 4 is 11.7 Å². The zero-order valence-electron chi connectivity index (χ0n) is 10.4. The third kappa shape index (κ3) is 2.17. The summed E-state index contributed by atoms with van der Waals surface area (Å²) in [6.07, 6.45) is 10.7. The number of carbonyl (C=O) groups excluding carboxylic acids is 1. The Morgan fingerprint density at radius 1 is 1.28 bits per heavy atom. The van der Waals surface area contributed by atoms with Gasteiger partial charge in [0.25, 0.3) is 5.91 Å². The van der Waals surface area contributed by atoms with Crippen molar-refractivity contribution in [3.8, 4) is 0 Å². The lowest BCUT2D eigenvalue weighted by molar-refractivity contribution is -0.114. The zero-order valence-corrected chi connectivity index (χ0v) is 10.4. The van der Waals surface area contributed by atoms with E-state index in [-0.39, 0.29) is 5.91 Å². The molecule has 1 aliphatic heterocycles. The first-order valence-corrected chi connectivity index (χ1v) is 6.74. The summed E-state index contributed by atoms with van der Waals surface area (Å²) in [6.45, 7) is 0.743. The van der Waals surface area contributed by atoms with E-state index in [9.17, 15) is 4.79 Å². The normalized spacial score (nSPS) is 20.6. The summed E-state index contributed by atoms with van der Waals surface area (Å²) in [5.41, 5.74) is 0.906. The van der Waals surface area contributed by atoms with Gasteiger partial charge in [-0.1, -0.05) is 18.9 Å². The molecule has 0 bridgehead atoms. The monoisotopic (exact) mass is 246 g/mol. The second-order valence-electron chi connectivity index (χ2n) is 5.09. The topological polar surface area (TPSA) is 61.9 Å². The largest absolute Gasteiger partial charge is 0.290 e. The minimum absolute atomic E-state index is 0.0387. The van der Waals surface area contributed by atoms with E-state index in [1.165, 1.54) is 25.7 Å². The Morgan fingerprint density at radius 2 is 2.11 bits per heavy atom. The van der Waals surface area contributed by atoms with Gasteiger partial charge in [0.05, 0.1) is 0 Å². The fraction of sp³-hybridized carbons (Fsp3) is 0.615. The maximum Gasteiger partial charge on any atom is 0.251 e. The van der Waals surface area contributed by atoms with Crippen molar-refractivity contribution in [2.45, 2.75) is 38.5 Å². The molecule has 5 nitrogen and oxygen atoms in total. The van der Waals surface area contributed by atoms with Crippen LogP contribution in [-0.4, -0.2) is 27.9 Å². The lowest BCUT2D eigenvalue weighted by Gasteiger charge is -2.23. The predicted molar refractivity (Wildman–Crippen MR) is 68.2 cm³/mol. The Kier molecular flexibility index (Phi) is 3.13. The van der Waals surface area contributed by atoms with Gasteiger partial charge >= 0.3 is 0 Å². The highest BCUT2D eigenvalue weighted by Crippen LogP contribution is 2.26. The smallest absolute Gasteiger partial charge is 0.251 e. The summed E-state index contributed by atoms with van der Waals surface area (Å²) in [6, 6.07) is 0.